The third-order valence-corrected chi connectivity index (χ3v) is 4.87. The average Bonchev–Trinajstić information content (AvgIpc) is 2.70. The average molecular weight is 367 g/mol. The lowest BCUT2D eigenvalue weighted by Crippen LogP contribution is -2.01. The van der Waals surface area contributed by atoms with E-state index in [1.165, 1.54) is 34.2 Å². The molecule has 0 heterocycles. The Morgan fingerprint density at radius 3 is 2.39 bits per heavy atom. The van der Waals surface area contributed by atoms with E-state index in [1.54, 1.807) is 0 Å². The highest BCUT2D eigenvalue weighted by atomic mass is 14.0. The van der Waals surface area contributed by atoms with Gasteiger partial charge in [0.2, 0.25) is 0 Å². The van der Waals surface area contributed by atoms with Crippen molar-refractivity contribution in [2.45, 2.75) is 46.4 Å². The minimum atomic E-state index is 0.863. The van der Waals surface area contributed by atoms with Gasteiger partial charge >= 0.3 is 0 Å². The Hall–Kier alpha value is -2.54. The normalized spacial score (nSPS) is 11.6. The number of benzene rings is 2. The van der Waals surface area contributed by atoms with Crippen LogP contribution in [0, 0.1) is 6.92 Å². The second kappa shape index (κ2) is 11.3. The van der Waals surface area contributed by atoms with Gasteiger partial charge in [-0.3, -0.25) is 0 Å². The van der Waals surface area contributed by atoms with Gasteiger partial charge in [0.1, 0.15) is 7.28 Å². The van der Waals surface area contributed by atoms with E-state index in [-0.39, 0.29) is 0 Å². The lowest BCUT2D eigenvalue weighted by molar-refractivity contribution is 0.922. The van der Waals surface area contributed by atoms with Gasteiger partial charge in [0, 0.05) is 0 Å². The van der Waals surface area contributed by atoms with E-state index in [9.17, 15) is 0 Å². The predicted molar refractivity (Wildman–Crippen MR) is 127 cm³/mol. The van der Waals surface area contributed by atoms with E-state index in [2.05, 4.69) is 108 Å². The number of allylic oxidation sites excluding steroid dienone is 6. The first kappa shape index (κ1) is 21.8. The van der Waals surface area contributed by atoms with Crippen molar-refractivity contribution in [2.24, 2.45) is 0 Å². The molecule has 143 valence electrons. The molecule has 0 saturated heterocycles. The maximum Gasteiger partial charge on any atom is 0.150 e. The van der Waals surface area contributed by atoms with Gasteiger partial charge in [0.15, 0.2) is 0 Å². The molecule has 2 rings (SSSR count). The van der Waals surface area contributed by atoms with Gasteiger partial charge in [-0.05, 0) is 49.0 Å². The molecule has 2 aromatic carbocycles. The molecule has 0 atom stereocenters. The molecule has 0 aromatic heterocycles. The zero-order valence-corrected chi connectivity index (χ0v) is 17.7. The Morgan fingerprint density at radius 2 is 1.75 bits per heavy atom. The van der Waals surface area contributed by atoms with Crippen molar-refractivity contribution in [3.8, 4) is 0 Å². The fourth-order valence-electron chi connectivity index (χ4n) is 3.17. The summed E-state index contributed by atoms with van der Waals surface area (Å²) in [6.07, 6.45) is 10.5. The zero-order chi connectivity index (χ0) is 20.4. The number of rotatable bonds is 10. The summed E-state index contributed by atoms with van der Waals surface area (Å²) in [5.41, 5.74) is 8.64. The third kappa shape index (κ3) is 7.23. The Morgan fingerprint density at radius 1 is 1.00 bits per heavy atom. The van der Waals surface area contributed by atoms with Crippen molar-refractivity contribution in [3.05, 3.63) is 113 Å². The topological polar surface area (TPSA) is 0 Å². The van der Waals surface area contributed by atoms with Gasteiger partial charge in [0.25, 0.3) is 0 Å². The van der Waals surface area contributed by atoms with Gasteiger partial charge in [0.05, 0.1) is 0 Å². The highest BCUT2D eigenvalue weighted by Gasteiger charge is 2.02. The summed E-state index contributed by atoms with van der Waals surface area (Å²) < 4.78 is 0. The molecular formula is C27H32B. The summed E-state index contributed by atoms with van der Waals surface area (Å²) in [5, 5.41) is 0. The number of hydrogen-bond donors (Lipinski definition) is 0. The third-order valence-electron chi connectivity index (χ3n) is 4.87. The van der Waals surface area contributed by atoms with Gasteiger partial charge in [-0.15, -0.1) is 12.1 Å². The van der Waals surface area contributed by atoms with E-state index >= 15 is 0 Å². The first-order valence-electron chi connectivity index (χ1n) is 10.2. The SMILES string of the molecule is C=C([B]Cc1cccc(C)c1)CC(/C=C\C(=C)c1ccc(CCC)cc1)=C/C. The molecule has 0 spiro atoms. The molecule has 1 radical (unpaired) electrons. The maximum absolute atomic E-state index is 4.24. The molecule has 2 aromatic rings. The first-order chi connectivity index (χ1) is 13.5. The molecule has 0 aliphatic heterocycles. The second-order valence-corrected chi connectivity index (χ2v) is 7.40. The predicted octanol–water partition coefficient (Wildman–Crippen LogP) is 7.27. The molecule has 1 heteroatoms. The van der Waals surface area contributed by atoms with Crippen LogP contribution in [-0.2, 0) is 12.7 Å². The van der Waals surface area contributed by atoms with Crippen LogP contribution < -0.4 is 0 Å². The van der Waals surface area contributed by atoms with Crippen molar-refractivity contribution < 1.29 is 0 Å². The highest BCUT2D eigenvalue weighted by Crippen LogP contribution is 2.18. The van der Waals surface area contributed by atoms with Crippen molar-refractivity contribution in [2.75, 3.05) is 0 Å². The number of aryl methyl sites for hydroxylation is 2. The fourth-order valence-corrected chi connectivity index (χ4v) is 3.17. The smallest absolute Gasteiger partial charge is 0.111 e. The van der Waals surface area contributed by atoms with Crippen LogP contribution in [0.2, 0.25) is 0 Å². The van der Waals surface area contributed by atoms with Crippen LogP contribution >= 0.6 is 0 Å². The second-order valence-electron chi connectivity index (χ2n) is 7.40. The Balaban J connectivity index is 1.88. The van der Waals surface area contributed by atoms with Crippen LogP contribution in [0.5, 0.6) is 0 Å². The molecule has 0 aliphatic carbocycles. The maximum atomic E-state index is 4.24. The molecule has 0 nitrogen and oxygen atoms in total. The molecule has 0 fully saturated rings. The van der Waals surface area contributed by atoms with Gasteiger partial charge in [-0.1, -0.05) is 104 Å². The molecule has 0 saturated carbocycles. The highest BCUT2D eigenvalue weighted by molar-refractivity contribution is 6.44. The van der Waals surface area contributed by atoms with Crippen molar-refractivity contribution in [1.82, 2.24) is 0 Å². The van der Waals surface area contributed by atoms with E-state index in [4.69, 9.17) is 0 Å². The van der Waals surface area contributed by atoms with Crippen LogP contribution in [0.3, 0.4) is 0 Å². The minimum Gasteiger partial charge on any atom is -0.111 e. The summed E-state index contributed by atoms with van der Waals surface area (Å²) >= 11 is 0. The molecule has 0 bridgehead atoms. The Labute approximate surface area is 172 Å². The van der Waals surface area contributed by atoms with Gasteiger partial charge in [-0.2, -0.15) is 0 Å². The van der Waals surface area contributed by atoms with Crippen LogP contribution in [0.25, 0.3) is 5.57 Å². The van der Waals surface area contributed by atoms with Crippen LogP contribution in [-0.4, -0.2) is 7.28 Å². The number of hydrogen-bond acceptors (Lipinski definition) is 0. The van der Waals surface area contributed by atoms with Gasteiger partial charge in [-0.25, -0.2) is 0 Å². The summed E-state index contributed by atoms with van der Waals surface area (Å²) in [6, 6.07) is 17.4. The Kier molecular flexibility index (Phi) is 8.81. The summed E-state index contributed by atoms with van der Waals surface area (Å²) in [5.74, 6) is 0. The molecule has 28 heavy (non-hydrogen) atoms. The van der Waals surface area contributed by atoms with Crippen molar-refractivity contribution in [1.29, 1.82) is 0 Å². The monoisotopic (exact) mass is 367 g/mol. The fraction of sp³-hybridized carbons (Fsp3) is 0.259. The lowest BCUT2D eigenvalue weighted by atomic mass is 9.63. The van der Waals surface area contributed by atoms with Crippen LogP contribution in [0.15, 0.2) is 91.0 Å². The van der Waals surface area contributed by atoms with Crippen molar-refractivity contribution in [3.63, 3.8) is 0 Å². The molecule has 0 unspecified atom stereocenters. The molecule has 0 aliphatic rings. The lowest BCUT2D eigenvalue weighted by Gasteiger charge is -2.07. The Bertz CT molecular complexity index is 850. The van der Waals surface area contributed by atoms with Crippen LogP contribution in [0.1, 0.15) is 48.9 Å². The first-order valence-corrected chi connectivity index (χ1v) is 10.2. The quantitative estimate of drug-likeness (QED) is 0.306. The van der Waals surface area contributed by atoms with Crippen LogP contribution in [0.4, 0.5) is 0 Å². The van der Waals surface area contributed by atoms with E-state index in [1.807, 2.05) is 0 Å². The van der Waals surface area contributed by atoms with E-state index in [0.717, 1.165) is 30.2 Å². The standard InChI is InChI=1S/C27H32B/c1-6-9-25-14-16-27(17-15-25)22(4)12-13-24(7-2)19-23(5)28-20-26-11-8-10-21(3)18-26/h7-8,10-18H,4-6,9,19-20H2,1-3H3/b13-12-,24-7+. The van der Waals surface area contributed by atoms with Gasteiger partial charge < -0.3 is 0 Å². The molecule has 0 amide bonds. The summed E-state index contributed by atoms with van der Waals surface area (Å²) in [6.45, 7) is 14.9. The molecular weight excluding hydrogens is 335 g/mol. The van der Waals surface area contributed by atoms with E-state index in [0.29, 0.717) is 0 Å². The molecule has 0 N–H and O–H groups in total. The minimum absolute atomic E-state index is 0.863. The summed E-state index contributed by atoms with van der Waals surface area (Å²) in [4.78, 5) is 0. The largest absolute Gasteiger partial charge is 0.150 e. The summed E-state index contributed by atoms with van der Waals surface area (Å²) in [7, 11) is 2.23. The van der Waals surface area contributed by atoms with E-state index < -0.39 is 0 Å². The zero-order valence-electron chi connectivity index (χ0n) is 17.7. The van der Waals surface area contributed by atoms with Crippen molar-refractivity contribution >= 4 is 12.9 Å².